The van der Waals surface area contributed by atoms with Crippen LogP contribution in [-0.2, 0) is 0 Å². The maximum atomic E-state index is 10.8. The first-order valence-corrected chi connectivity index (χ1v) is 5.82. The minimum absolute atomic E-state index is 0.210. The van der Waals surface area contributed by atoms with Gasteiger partial charge >= 0.3 is 5.97 Å². The Morgan fingerprint density at radius 1 is 1.25 bits per heavy atom. The van der Waals surface area contributed by atoms with Gasteiger partial charge in [0.25, 0.3) is 0 Å². The van der Waals surface area contributed by atoms with E-state index in [4.69, 9.17) is 15.1 Å². The highest BCUT2D eigenvalue weighted by Gasteiger charge is 2.06. The molecule has 0 amide bonds. The summed E-state index contributed by atoms with van der Waals surface area (Å²) in [5.74, 6) is -0.343. The van der Waals surface area contributed by atoms with Gasteiger partial charge in [0.05, 0.1) is 23.9 Å². The summed E-state index contributed by atoms with van der Waals surface area (Å²) in [5, 5.41) is 21.0. The molecule has 0 atom stereocenters. The second-order valence-electron chi connectivity index (χ2n) is 4.03. The van der Waals surface area contributed by atoms with Crippen LogP contribution in [0.2, 0.25) is 0 Å². The molecule has 0 aromatic heterocycles. The van der Waals surface area contributed by atoms with Gasteiger partial charge in [-0.2, -0.15) is 5.26 Å². The molecule has 0 saturated heterocycles. The zero-order chi connectivity index (χ0) is 14.5. The Morgan fingerprint density at radius 3 is 2.50 bits per heavy atom. The third kappa shape index (κ3) is 2.87. The quantitative estimate of drug-likeness (QED) is 0.890. The van der Waals surface area contributed by atoms with Crippen LogP contribution in [0.3, 0.4) is 0 Å². The summed E-state index contributed by atoms with van der Waals surface area (Å²) in [4.78, 5) is 10.8. The van der Waals surface area contributed by atoms with Crippen molar-refractivity contribution < 1.29 is 14.6 Å². The number of rotatable bonds is 4. The van der Waals surface area contributed by atoms with Crippen molar-refractivity contribution in [1.82, 2.24) is 0 Å². The number of methoxy groups -OCH3 is 1. The van der Waals surface area contributed by atoms with Crippen molar-refractivity contribution in [2.24, 2.45) is 0 Å². The number of nitrogens with zero attached hydrogens (tertiary/aromatic N) is 1. The Kier molecular flexibility index (Phi) is 3.87. The number of aromatic carboxylic acids is 1. The van der Waals surface area contributed by atoms with Gasteiger partial charge in [-0.05, 0) is 36.4 Å². The number of carboxylic acid groups (broad SMARTS) is 1. The minimum atomic E-state index is -0.976. The molecule has 0 unspecified atom stereocenters. The molecular weight excluding hydrogens is 256 g/mol. The van der Waals surface area contributed by atoms with Crippen LogP contribution < -0.4 is 10.1 Å². The summed E-state index contributed by atoms with van der Waals surface area (Å²) in [5.41, 5.74) is 1.99. The number of nitriles is 1. The average Bonchev–Trinajstić information content (AvgIpc) is 2.47. The van der Waals surface area contributed by atoms with Gasteiger partial charge in [-0.25, -0.2) is 4.79 Å². The molecule has 5 nitrogen and oxygen atoms in total. The number of hydrogen-bond donors (Lipinski definition) is 2. The summed E-state index contributed by atoms with van der Waals surface area (Å²) >= 11 is 0. The molecule has 2 aromatic rings. The van der Waals surface area contributed by atoms with E-state index in [1.165, 1.54) is 12.1 Å². The summed E-state index contributed by atoms with van der Waals surface area (Å²) in [6, 6.07) is 13.4. The summed E-state index contributed by atoms with van der Waals surface area (Å²) in [6.07, 6.45) is 0. The third-order valence-corrected chi connectivity index (χ3v) is 2.76. The Hall–Kier alpha value is -3.00. The largest absolute Gasteiger partial charge is 0.497 e. The van der Waals surface area contributed by atoms with E-state index in [1.54, 1.807) is 37.4 Å². The molecule has 0 spiro atoms. The van der Waals surface area contributed by atoms with Crippen molar-refractivity contribution in [2.45, 2.75) is 0 Å². The van der Waals surface area contributed by atoms with Crippen LogP contribution in [0.5, 0.6) is 5.75 Å². The van der Waals surface area contributed by atoms with E-state index in [1.807, 2.05) is 0 Å². The highest BCUT2D eigenvalue weighted by atomic mass is 16.5. The summed E-state index contributed by atoms with van der Waals surface area (Å²) in [7, 11) is 1.55. The molecule has 2 rings (SSSR count). The fourth-order valence-electron chi connectivity index (χ4n) is 1.70. The first-order valence-electron chi connectivity index (χ1n) is 5.82. The van der Waals surface area contributed by atoms with Crippen LogP contribution in [0.1, 0.15) is 15.9 Å². The molecule has 2 N–H and O–H groups in total. The van der Waals surface area contributed by atoms with Crippen molar-refractivity contribution in [3.05, 3.63) is 53.6 Å². The number of benzene rings is 2. The monoisotopic (exact) mass is 268 g/mol. The lowest BCUT2D eigenvalue weighted by Crippen LogP contribution is -1.98. The fourth-order valence-corrected chi connectivity index (χ4v) is 1.70. The molecule has 0 radical (unpaired) electrons. The van der Waals surface area contributed by atoms with Gasteiger partial charge in [-0.1, -0.05) is 0 Å². The van der Waals surface area contributed by atoms with Crippen LogP contribution >= 0.6 is 0 Å². The molecule has 100 valence electrons. The average molecular weight is 268 g/mol. The van der Waals surface area contributed by atoms with Gasteiger partial charge in [0.2, 0.25) is 0 Å². The normalized spacial score (nSPS) is 9.60. The van der Waals surface area contributed by atoms with E-state index in [9.17, 15) is 4.79 Å². The topological polar surface area (TPSA) is 82.3 Å². The van der Waals surface area contributed by atoms with E-state index >= 15 is 0 Å². The van der Waals surface area contributed by atoms with Gasteiger partial charge in [-0.15, -0.1) is 0 Å². The summed E-state index contributed by atoms with van der Waals surface area (Å²) in [6.45, 7) is 0. The van der Waals surface area contributed by atoms with E-state index in [0.717, 1.165) is 0 Å². The number of hydrogen-bond acceptors (Lipinski definition) is 4. The molecule has 2 aromatic carbocycles. The zero-order valence-corrected chi connectivity index (χ0v) is 10.8. The predicted octanol–water partition coefficient (Wildman–Crippen LogP) is 3.01. The van der Waals surface area contributed by atoms with E-state index in [0.29, 0.717) is 22.7 Å². The van der Waals surface area contributed by atoms with Crippen LogP contribution in [0.25, 0.3) is 0 Å². The number of ether oxygens (including phenoxy) is 1. The van der Waals surface area contributed by atoms with Crippen LogP contribution in [0.15, 0.2) is 42.5 Å². The first kappa shape index (κ1) is 13.4. The highest BCUT2D eigenvalue weighted by molar-refractivity contribution is 5.88. The Bertz CT molecular complexity index is 673. The second-order valence-corrected chi connectivity index (χ2v) is 4.03. The lowest BCUT2D eigenvalue weighted by atomic mass is 10.1. The highest BCUT2D eigenvalue weighted by Crippen LogP contribution is 2.25. The van der Waals surface area contributed by atoms with Crippen molar-refractivity contribution in [3.63, 3.8) is 0 Å². The van der Waals surface area contributed by atoms with Gasteiger partial charge in [0.1, 0.15) is 11.8 Å². The molecule has 0 fully saturated rings. The number of carbonyl (C=O) groups is 1. The lowest BCUT2D eigenvalue weighted by molar-refractivity contribution is 0.0697. The zero-order valence-electron chi connectivity index (χ0n) is 10.8. The van der Waals surface area contributed by atoms with E-state index in [2.05, 4.69) is 11.4 Å². The second kappa shape index (κ2) is 5.76. The maximum absolute atomic E-state index is 10.8. The van der Waals surface area contributed by atoms with Crippen molar-refractivity contribution in [2.75, 3.05) is 12.4 Å². The molecule has 0 heterocycles. The predicted molar refractivity (Wildman–Crippen MR) is 74.4 cm³/mol. The van der Waals surface area contributed by atoms with Crippen molar-refractivity contribution in [3.8, 4) is 11.8 Å². The maximum Gasteiger partial charge on any atom is 0.335 e. The SMILES string of the molecule is COc1ccc(C#N)c(Nc2ccc(C(=O)O)cc2)c1. The number of anilines is 2. The van der Waals surface area contributed by atoms with Gasteiger partial charge in [0.15, 0.2) is 0 Å². The molecule has 0 saturated carbocycles. The number of nitrogens with one attached hydrogen (secondary N) is 1. The molecule has 0 aliphatic carbocycles. The molecule has 0 bridgehead atoms. The molecule has 5 heteroatoms. The standard InChI is InChI=1S/C15H12N2O3/c1-20-13-7-4-11(9-16)14(8-13)17-12-5-2-10(3-6-12)15(18)19/h2-8,17H,1H3,(H,18,19). The smallest absolute Gasteiger partial charge is 0.335 e. The van der Waals surface area contributed by atoms with Crippen LogP contribution in [0.4, 0.5) is 11.4 Å². The van der Waals surface area contributed by atoms with Crippen molar-refractivity contribution >= 4 is 17.3 Å². The van der Waals surface area contributed by atoms with E-state index < -0.39 is 5.97 Å². The third-order valence-electron chi connectivity index (χ3n) is 2.76. The van der Waals surface area contributed by atoms with Crippen LogP contribution in [-0.4, -0.2) is 18.2 Å². The first-order chi connectivity index (χ1) is 9.63. The lowest BCUT2D eigenvalue weighted by Gasteiger charge is -2.10. The molecule has 20 heavy (non-hydrogen) atoms. The molecular formula is C15H12N2O3. The Labute approximate surface area is 116 Å². The van der Waals surface area contributed by atoms with E-state index in [-0.39, 0.29) is 5.56 Å². The molecule has 0 aliphatic rings. The number of carboxylic acids is 1. The Balaban J connectivity index is 2.29. The minimum Gasteiger partial charge on any atom is -0.497 e. The molecule has 0 aliphatic heterocycles. The van der Waals surface area contributed by atoms with Gasteiger partial charge in [0, 0.05) is 11.8 Å². The Morgan fingerprint density at radius 2 is 1.95 bits per heavy atom. The van der Waals surface area contributed by atoms with Crippen molar-refractivity contribution in [1.29, 1.82) is 5.26 Å². The van der Waals surface area contributed by atoms with Gasteiger partial charge < -0.3 is 15.2 Å². The van der Waals surface area contributed by atoms with Crippen LogP contribution in [0, 0.1) is 11.3 Å². The fraction of sp³-hybridized carbons (Fsp3) is 0.0667. The van der Waals surface area contributed by atoms with Gasteiger partial charge in [-0.3, -0.25) is 0 Å². The summed E-state index contributed by atoms with van der Waals surface area (Å²) < 4.78 is 5.12.